The summed E-state index contributed by atoms with van der Waals surface area (Å²) in [7, 11) is 0. The molecule has 108 valence electrons. The van der Waals surface area contributed by atoms with Crippen molar-refractivity contribution in [2.45, 2.75) is 63.5 Å². The second-order valence-electron chi connectivity index (χ2n) is 6.58. The Labute approximate surface area is 115 Å². The summed E-state index contributed by atoms with van der Waals surface area (Å²) in [4.78, 5) is 14.8. The molecule has 1 amide bonds. The van der Waals surface area contributed by atoms with Gasteiger partial charge in [0.05, 0.1) is 11.5 Å². The fourth-order valence-electron chi connectivity index (χ4n) is 4.23. The Morgan fingerprint density at radius 1 is 1.16 bits per heavy atom. The van der Waals surface area contributed by atoms with Crippen LogP contribution in [0.5, 0.6) is 0 Å². The minimum absolute atomic E-state index is 0.0896. The summed E-state index contributed by atoms with van der Waals surface area (Å²) >= 11 is 0. The second kappa shape index (κ2) is 5.41. The zero-order valence-electron chi connectivity index (χ0n) is 11.7. The lowest BCUT2D eigenvalue weighted by Crippen LogP contribution is -2.62. The average Bonchev–Trinajstić information content (AvgIpc) is 2.46. The number of rotatable bonds is 1. The van der Waals surface area contributed by atoms with Crippen LogP contribution in [0.3, 0.4) is 0 Å². The van der Waals surface area contributed by atoms with E-state index in [0.717, 1.165) is 38.9 Å². The summed E-state index contributed by atoms with van der Waals surface area (Å²) in [6, 6.07) is 0.646. The molecule has 4 nitrogen and oxygen atoms in total. The number of hydrogen-bond donors (Lipinski definition) is 2. The summed E-state index contributed by atoms with van der Waals surface area (Å²) < 4.78 is 0. The summed E-state index contributed by atoms with van der Waals surface area (Å²) in [5.74, 6) is 0.0896. The van der Waals surface area contributed by atoms with Crippen molar-refractivity contribution >= 4 is 5.91 Å². The van der Waals surface area contributed by atoms with Crippen molar-refractivity contribution in [3.05, 3.63) is 0 Å². The number of likely N-dealkylation sites (tertiary alicyclic amines) is 1. The van der Waals surface area contributed by atoms with Crippen molar-refractivity contribution in [3.8, 4) is 0 Å². The highest BCUT2D eigenvalue weighted by molar-refractivity contribution is 5.84. The van der Waals surface area contributed by atoms with E-state index in [-0.39, 0.29) is 5.91 Å². The van der Waals surface area contributed by atoms with E-state index in [4.69, 9.17) is 0 Å². The summed E-state index contributed by atoms with van der Waals surface area (Å²) in [6.07, 6.45) is 8.70. The molecule has 2 atom stereocenters. The molecule has 19 heavy (non-hydrogen) atoms. The number of amides is 1. The van der Waals surface area contributed by atoms with Gasteiger partial charge in [0.25, 0.3) is 0 Å². The van der Waals surface area contributed by atoms with Crippen molar-refractivity contribution in [2.24, 2.45) is 5.41 Å². The smallest absolute Gasteiger partial charge is 0.230 e. The molecule has 2 saturated heterocycles. The van der Waals surface area contributed by atoms with Crippen LogP contribution < -0.4 is 5.32 Å². The number of piperidine rings is 2. The molecule has 0 bridgehead atoms. The largest absolute Gasteiger partial charge is 0.392 e. The third-order valence-corrected chi connectivity index (χ3v) is 5.44. The monoisotopic (exact) mass is 266 g/mol. The number of carbonyl (C=O) groups excluding carboxylic acids is 1. The van der Waals surface area contributed by atoms with Crippen LogP contribution in [0.1, 0.15) is 51.4 Å². The first-order chi connectivity index (χ1) is 9.22. The molecular formula is C15H26N2O2. The van der Waals surface area contributed by atoms with Gasteiger partial charge in [0.2, 0.25) is 5.91 Å². The minimum atomic E-state index is -0.520. The molecule has 0 radical (unpaired) electrons. The molecule has 0 aromatic heterocycles. The van der Waals surface area contributed by atoms with Crippen molar-refractivity contribution in [1.29, 1.82) is 0 Å². The van der Waals surface area contributed by atoms with Crippen LogP contribution in [0.25, 0.3) is 0 Å². The van der Waals surface area contributed by atoms with E-state index >= 15 is 0 Å². The van der Waals surface area contributed by atoms with Gasteiger partial charge < -0.3 is 10.4 Å². The molecule has 0 unspecified atom stereocenters. The summed E-state index contributed by atoms with van der Waals surface area (Å²) in [5, 5.41) is 13.4. The van der Waals surface area contributed by atoms with Crippen LogP contribution >= 0.6 is 0 Å². The van der Waals surface area contributed by atoms with Gasteiger partial charge in [-0.1, -0.05) is 19.3 Å². The van der Waals surface area contributed by atoms with Gasteiger partial charge in [-0.25, -0.2) is 0 Å². The molecule has 4 heteroatoms. The van der Waals surface area contributed by atoms with E-state index in [1.165, 1.54) is 32.1 Å². The highest BCUT2D eigenvalue weighted by Crippen LogP contribution is 2.39. The van der Waals surface area contributed by atoms with E-state index in [9.17, 15) is 9.90 Å². The molecule has 2 N–H and O–H groups in total. The highest BCUT2D eigenvalue weighted by Gasteiger charge is 2.50. The topological polar surface area (TPSA) is 52.6 Å². The average molecular weight is 266 g/mol. The molecular weight excluding hydrogens is 240 g/mol. The van der Waals surface area contributed by atoms with Gasteiger partial charge in [0, 0.05) is 25.7 Å². The first kappa shape index (κ1) is 13.4. The van der Waals surface area contributed by atoms with Crippen molar-refractivity contribution in [3.63, 3.8) is 0 Å². The van der Waals surface area contributed by atoms with Crippen molar-refractivity contribution < 1.29 is 9.90 Å². The highest BCUT2D eigenvalue weighted by atomic mass is 16.3. The molecule has 3 rings (SSSR count). The number of carbonyl (C=O) groups is 1. The van der Waals surface area contributed by atoms with Gasteiger partial charge in [-0.15, -0.1) is 0 Å². The lowest BCUT2D eigenvalue weighted by Gasteiger charge is -2.49. The molecule has 1 aliphatic carbocycles. The first-order valence-electron chi connectivity index (χ1n) is 7.93. The molecule has 3 fully saturated rings. The maximum Gasteiger partial charge on any atom is 0.230 e. The van der Waals surface area contributed by atoms with Gasteiger partial charge in [-0.2, -0.15) is 0 Å². The fraction of sp³-hybridized carbons (Fsp3) is 0.933. The second-order valence-corrected chi connectivity index (χ2v) is 6.58. The number of nitrogens with zero attached hydrogens (tertiary/aromatic N) is 1. The number of nitrogens with one attached hydrogen (secondary N) is 1. The molecule has 1 spiro atoms. The third-order valence-electron chi connectivity index (χ3n) is 5.44. The van der Waals surface area contributed by atoms with Gasteiger partial charge in [0.15, 0.2) is 0 Å². The lowest BCUT2D eigenvalue weighted by molar-refractivity contribution is -0.150. The third kappa shape index (κ3) is 2.40. The number of aliphatic hydroxyl groups is 1. The summed E-state index contributed by atoms with van der Waals surface area (Å²) in [5.41, 5.74) is -0.520. The Kier molecular flexibility index (Phi) is 3.81. The molecule has 3 aliphatic rings. The Hall–Kier alpha value is -0.610. The Morgan fingerprint density at radius 2 is 1.95 bits per heavy atom. The van der Waals surface area contributed by atoms with E-state index in [1.54, 1.807) is 0 Å². The predicted molar refractivity (Wildman–Crippen MR) is 73.7 cm³/mol. The normalized spacial score (nSPS) is 38.4. The molecule has 2 aliphatic heterocycles. The Balaban J connectivity index is 1.74. The molecule has 0 aromatic carbocycles. The van der Waals surface area contributed by atoms with Crippen LogP contribution in [0.4, 0.5) is 0 Å². The fourth-order valence-corrected chi connectivity index (χ4v) is 4.23. The van der Waals surface area contributed by atoms with Crippen LogP contribution in [-0.4, -0.2) is 47.7 Å². The van der Waals surface area contributed by atoms with Crippen LogP contribution in [0.15, 0.2) is 0 Å². The first-order valence-corrected chi connectivity index (χ1v) is 7.93. The molecule has 1 saturated carbocycles. The van der Waals surface area contributed by atoms with Crippen molar-refractivity contribution in [1.82, 2.24) is 10.2 Å². The maximum absolute atomic E-state index is 12.3. The van der Waals surface area contributed by atoms with Crippen LogP contribution in [-0.2, 0) is 4.79 Å². The van der Waals surface area contributed by atoms with Gasteiger partial charge in [0.1, 0.15) is 0 Å². The quantitative estimate of drug-likeness (QED) is 0.752. The van der Waals surface area contributed by atoms with E-state index < -0.39 is 11.5 Å². The van der Waals surface area contributed by atoms with Crippen LogP contribution in [0, 0.1) is 5.41 Å². The van der Waals surface area contributed by atoms with Gasteiger partial charge in [-0.3, -0.25) is 9.69 Å². The predicted octanol–water partition coefficient (Wildman–Crippen LogP) is 1.28. The van der Waals surface area contributed by atoms with E-state index in [1.807, 2.05) is 0 Å². The Bertz CT molecular complexity index is 341. The van der Waals surface area contributed by atoms with Crippen molar-refractivity contribution in [2.75, 3.05) is 19.6 Å². The standard InChI is InChI=1S/C15H26N2O2/c18-13-7-10-17(12-5-2-1-3-6-12)11-15(13)8-4-9-16-14(15)19/h12-13,18H,1-11H2,(H,16,19)/t13-,15-/m1/s1. The minimum Gasteiger partial charge on any atom is -0.392 e. The number of aliphatic hydroxyl groups excluding tert-OH is 1. The zero-order valence-corrected chi connectivity index (χ0v) is 11.7. The van der Waals surface area contributed by atoms with E-state index in [2.05, 4.69) is 10.2 Å². The lowest BCUT2D eigenvalue weighted by atomic mass is 9.71. The maximum atomic E-state index is 12.3. The van der Waals surface area contributed by atoms with Gasteiger partial charge in [-0.05, 0) is 32.1 Å². The molecule has 0 aromatic rings. The molecule has 2 heterocycles. The van der Waals surface area contributed by atoms with Crippen LogP contribution in [0.2, 0.25) is 0 Å². The summed E-state index contributed by atoms with van der Waals surface area (Å²) in [6.45, 7) is 2.50. The van der Waals surface area contributed by atoms with E-state index in [0.29, 0.717) is 6.04 Å². The Morgan fingerprint density at radius 3 is 2.68 bits per heavy atom. The zero-order chi connectivity index (χ0) is 13.3. The van der Waals surface area contributed by atoms with Gasteiger partial charge >= 0.3 is 0 Å². The number of hydrogen-bond acceptors (Lipinski definition) is 3. The SMILES string of the molecule is O=C1NCCC[C@]12CN(C1CCCCC1)CC[C@H]2O.